The average Bonchev–Trinajstić information content (AvgIpc) is 2.86. The van der Waals surface area contributed by atoms with Crippen LogP contribution in [0.4, 0.5) is 4.79 Å². The van der Waals surface area contributed by atoms with E-state index in [4.69, 9.17) is 4.74 Å². The molecule has 0 heterocycles. The number of hydrogen-bond donors (Lipinski definition) is 2. The van der Waals surface area contributed by atoms with E-state index in [-0.39, 0.29) is 12.1 Å². The van der Waals surface area contributed by atoms with Crippen LogP contribution in [0.5, 0.6) is 0 Å². The third kappa shape index (κ3) is 7.11. The number of carbonyl (C=O) groups excluding carboxylic acids is 1. The Kier molecular flexibility index (Phi) is 6.75. The second kappa shape index (κ2) is 8.36. The van der Waals surface area contributed by atoms with Crippen molar-refractivity contribution in [2.45, 2.75) is 96.7 Å². The summed E-state index contributed by atoms with van der Waals surface area (Å²) in [5.74, 6) is 1.87. The highest BCUT2D eigenvalue weighted by Gasteiger charge is 2.27. The minimum atomic E-state index is -0.419. The van der Waals surface area contributed by atoms with E-state index in [9.17, 15) is 4.79 Å². The monoisotopic (exact) mass is 324 g/mol. The first-order chi connectivity index (χ1) is 10.8. The predicted molar refractivity (Wildman–Crippen MR) is 94.5 cm³/mol. The van der Waals surface area contributed by atoms with Crippen molar-refractivity contribution in [1.29, 1.82) is 0 Å². The van der Waals surface area contributed by atoms with Crippen molar-refractivity contribution in [2.24, 2.45) is 11.8 Å². The van der Waals surface area contributed by atoms with Gasteiger partial charge in [-0.1, -0.05) is 32.6 Å². The van der Waals surface area contributed by atoms with E-state index in [2.05, 4.69) is 17.6 Å². The number of hydrogen-bond acceptors (Lipinski definition) is 3. The Balaban J connectivity index is 1.57. The SMILES string of the molecule is CC1CCC(CCNC2CCC(NC(=O)OC(C)(C)C)C2)CC1. The summed E-state index contributed by atoms with van der Waals surface area (Å²) in [5, 5.41) is 6.71. The summed E-state index contributed by atoms with van der Waals surface area (Å²) in [7, 11) is 0. The van der Waals surface area contributed by atoms with Crippen molar-refractivity contribution in [3.8, 4) is 0 Å². The van der Waals surface area contributed by atoms with Gasteiger partial charge in [-0.25, -0.2) is 4.79 Å². The average molecular weight is 325 g/mol. The molecule has 2 aliphatic carbocycles. The van der Waals surface area contributed by atoms with Crippen LogP contribution in [0.3, 0.4) is 0 Å². The summed E-state index contributed by atoms with van der Waals surface area (Å²) in [4.78, 5) is 11.8. The molecule has 0 aromatic rings. The molecule has 0 spiro atoms. The van der Waals surface area contributed by atoms with E-state index < -0.39 is 5.60 Å². The summed E-state index contributed by atoms with van der Waals surface area (Å²) >= 11 is 0. The van der Waals surface area contributed by atoms with Gasteiger partial charge in [0.2, 0.25) is 0 Å². The van der Waals surface area contributed by atoms with Crippen LogP contribution < -0.4 is 10.6 Å². The van der Waals surface area contributed by atoms with Crippen molar-refractivity contribution in [3.63, 3.8) is 0 Å². The molecule has 0 saturated heterocycles. The Labute approximate surface area is 142 Å². The fourth-order valence-electron chi connectivity index (χ4n) is 3.88. The number of nitrogens with one attached hydrogen (secondary N) is 2. The molecule has 2 atom stereocenters. The fourth-order valence-corrected chi connectivity index (χ4v) is 3.88. The molecule has 2 fully saturated rings. The maximum atomic E-state index is 11.8. The molecule has 1 amide bonds. The summed E-state index contributed by atoms with van der Waals surface area (Å²) in [6.45, 7) is 9.21. The first kappa shape index (κ1) is 18.6. The molecule has 4 heteroatoms. The van der Waals surface area contributed by atoms with E-state index in [1.807, 2.05) is 20.8 Å². The van der Waals surface area contributed by atoms with E-state index in [1.165, 1.54) is 32.1 Å². The third-order valence-electron chi connectivity index (χ3n) is 5.27. The summed E-state index contributed by atoms with van der Waals surface area (Å²) in [6, 6.07) is 0.815. The first-order valence-electron chi connectivity index (χ1n) is 9.54. The molecular formula is C19H36N2O2. The Morgan fingerprint density at radius 1 is 1.04 bits per heavy atom. The van der Waals surface area contributed by atoms with E-state index in [0.29, 0.717) is 6.04 Å². The van der Waals surface area contributed by atoms with Crippen LogP contribution >= 0.6 is 0 Å². The molecular weight excluding hydrogens is 288 g/mol. The highest BCUT2D eigenvalue weighted by atomic mass is 16.6. The van der Waals surface area contributed by atoms with Crippen LogP contribution in [0.1, 0.15) is 79.1 Å². The van der Waals surface area contributed by atoms with Gasteiger partial charge in [-0.2, -0.15) is 0 Å². The zero-order valence-corrected chi connectivity index (χ0v) is 15.5. The lowest BCUT2D eigenvalue weighted by Gasteiger charge is -2.26. The van der Waals surface area contributed by atoms with Crippen molar-refractivity contribution >= 4 is 6.09 Å². The Morgan fingerprint density at radius 2 is 1.70 bits per heavy atom. The van der Waals surface area contributed by atoms with Crippen molar-refractivity contribution in [1.82, 2.24) is 10.6 Å². The molecule has 2 saturated carbocycles. The molecule has 4 nitrogen and oxygen atoms in total. The summed E-state index contributed by atoms with van der Waals surface area (Å²) < 4.78 is 5.33. The van der Waals surface area contributed by atoms with Gasteiger partial charge in [-0.3, -0.25) is 0 Å². The maximum absolute atomic E-state index is 11.8. The van der Waals surface area contributed by atoms with E-state index in [1.54, 1.807) is 0 Å². The summed E-state index contributed by atoms with van der Waals surface area (Å²) in [5.41, 5.74) is -0.419. The Hall–Kier alpha value is -0.770. The smallest absolute Gasteiger partial charge is 0.407 e. The number of alkyl carbamates (subject to hydrolysis) is 1. The minimum absolute atomic E-state index is 0.262. The number of carbonyl (C=O) groups is 1. The zero-order valence-electron chi connectivity index (χ0n) is 15.5. The molecule has 0 aliphatic heterocycles. The third-order valence-corrected chi connectivity index (χ3v) is 5.27. The molecule has 134 valence electrons. The van der Waals surface area contributed by atoms with Crippen molar-refractivity contribution < 1.29 is 9.53 Å². The van der Waals surface area contributed by atoms with Crippen LogP contribution in [0.25, 0.3) is 0 Å². The minimum Gasteiger partial charge on any atom is -0.444 e. The highest BCUT2D eigenvalue weighted by Crippen LogP contribution is 2.30. The molecule has 2 unspecified atom stereocenters. The Bertz CT molecular complexity index is 370. The van der Waals surface area contributed by atoms with Gasteiger partial charge in [0.1, 0.15) is 5.60 Å². The van der Waals surface area contributed by atoms with Crippen LogP contribution in [0.2, 0.25) is 0 Å². The predicted octanol–water partition coefficient (Wildman–Crippen LogP) is 4.24. The van der Waals surface area contributed by atoms with Gasteiger partial charge in [0.25, 0.3) is 0 Å². The molecule has 0 bridgehead atoms. The maximum Gasteiger partial charge on any atom is 0.407 e. The lowest BCUT2D eigenvalue weighted by molar-refractivity contribution is 0.0505. The lowest BCUT2D eigenvalue weighted by atomic mass is 9.81. The number of ether oxygens (including phenoxy) is 1. The number of amides is 1. The lowest BCUT2D eigenvalue weighted by Crippen LogP contribution is -2.39. The topological polar surface area (TPSA) is 50.4 Å². The zero-order chi connectivity index (χ0) is 16.9. The van der Waals surface area contributed by atoms with Gasteiger partial charge in [0, 0.05) is 12.1 Å². The van der Waals surface area contributed by atoms with Crippen LogP contribution in [-0.4, -0.2) is 30.3 Å². The van der Waals surface area contributed by atoms with Gasteiger partial charge in [0.15, 0.2) is 0 Å². The number of rotatable bonds is 5. The van der Waals surface area contributed by atoms with Crippen LogP contribution in [0.15, 0.2) is 0 Å². The normalized spacial score (nSPS) is 31.8. The van der Waals surface area contributed by atoms with Crippen molar-refractivity contribution in [2.75, 3.05) is 6.54 Å². The largest absolute Gasteiger partial charge is 0.444 e. The van der Waals surface area contributed by atoms with Gasteiger partial charge in [-0.15, -0.1) is 0 Å². The molecule has 2 aliphatic rings. The fraction of sp³-hybridized carbons (Fsp3) is 0.947. The second-order valence-corrected chi connectivity index (χ2v) is 8.72. The second-order valence-electron chi connectivity index (χ2n) is 8.72. The quantitative estimate of drug-likeness (QED) is 0.795. The van der Waals surface area contributed by atoms with Gasteiger partial charge < -0.3 is 15.4 Å². The molecule has 23 heavy (non-hydrogen) atoms. The van der Waals surface area contributed by atoms with Gasteiger partial charge in [0.05, 0.1) is 0 Å². The molecule has 2 N–H and O–H groups in total. The van der Waals surface area contributed by atoms with E-state index in [0.717, 1.165) is 37.6 Å². The van der Waals surface area contributed by atoms with Gasteiger partial charge >= 0.3 is 6.09 Å². The molecule has 2 rings (SSSR count). The van der Waals surface area contributed by atoms with E-state index >= 15 is 0 Å². The molecule has 0 radical (unpaired) electrons. The molecule has 0 aromatic carbocycles. The first-order valence-corrected chi connectivity index (χ1v) is 9.54. The summed E-state index contributed by atoms with van der Waals surface area (Å²) in [6.07, 6.45) is 9.92. The van der Waals surface area contributed by atoms with Crippen molar-refractivity contribution in [3.05, 3.63) is 0 Å². The van der Waals surface area contributed by atoms with Crippen LogP contribution in [0, 0.1) is 11.8 Å². The highest BCUT2D eigenvalue weighted by molar-refractivity contribution is 5.68. The Morgan fingerprint density at radius 3 is 2.35 bits per heavy atom. The van der Waals surface area contributed by atoms with Gasteiger partial charge in [-0.05, 0) is 64.8 Å². The molecule has 0 aromatic heterocycles. The van der Waals surface area contributed by atoms with Crippen LogP contribution in [-0.2, 0) is 4.74 Å². The standard InChI is InChI=1S/C19H36N2O2/c1-14-5-7-15(8-6-14)11-12-20-16-9-10-17(13-16)21-18(22)23-19(2,3)4/h14-17,20H,5-13H2,1-4H3,(H,21,22).